The van der Waals surface area contributed by atoms with Crippen molar-refractivity contribution in [1.82, 2.24) is 9.80 Å². The lowest BCUT2D eigenvalue weighted by Gasteiger charge is -2.34. The van der Waals surface area contributed by atoms with Crippen molar-refractivity contribution in [3.8, 4) is 23.0 Å². The summed E-state index contributed by atoms with van der Waals surface area (Å²) in [6.07, 6.45) is 0. The van der Waals surface area contributed by atoms with Gasteiger partial charge in [0.25, 0.3) is 0 Å². The summed E-state index contributed by atoms with van der Waals surface area (Å²) in [5, 5.41) is 21.1. The fourth-order valence-corrected chi connectivity index (χ4v) is 3.70. The first-order valence-electron chi connectivity index (χ1n) is 9.41. The van der Waals surface area contributed by atoms with Crippen LogP contribution in [0.15, 0.2) is 30.3 Å². The number of phenols is 1. The van der Waals surface area contributed by atoms with Crippen molar-refractivity contribution in [2.24, 2.45) is 0 Å². The van der Waals surface area contributed by atoms with Gasteiger partial charge in [-0.2, -0.15) is 0 Å². The maximum absolute atomic E-state index is 11.2. The molecule has 0 atom stereocenters. The molecule has 1 saturated heterocycles. The summed E-state index contributed by atoms with van der Waals surface area (Å²) in [7, 11) is 1.39. The molecule has 0 saturated carbocycles. The molecule has 2 aliphatic rings. The zero-order chi connectivity index (χ0) is 20.4. The number of fused-ring (bicyclic) bond motifs is 1. The lowest BCUT2D eigenvalue weighted by atomic mass is 10.1. The number of methoxy groups -OCH3 is 1. The molecule has 154 valence electrons. The van der Waals surface area contributed by atoms with Gasteiger partial charge in [0.1, 0.15) is 0 Å². The third-order valence-electron chi connectivity index (χ3n) is 5.25. The Hall–Kier alpha value is -3.04. The molecular weight excluding hydrogens is 378 g/mol. The highest BCUT2D eigenvalue weighted by Crippen LogP contribution is 2.37. The minimum Gasteiger partial charge on any atom is -0.500 e. The lowest BCUT2D eigenvalue weighted by Crippen LogP contribution is -2.45. The van der Waals surface area contributed by atoms with Crippen molar-refractivity contribution < 1.29 is 24.2 Å². The molecule has 0 unspecified atom stereocenters. The van der Waals surface area contributed by atoms with Crippen LogP contribution >= 0.6 is 0 Å². The van der Waals surface area contributed by atoms with E-state index in [9.17, 15) is 15.2 Å². The molecular formula is C20H23N3O6. The Morgan fingerprint density at radius 1 is 1.03 bits per heavy atom. The van der Waals surface area contributed by atoms with Crippen LogP contribution in [0.25, 0.3) is 0 Å². The molecule has 2 aromatic rings. The number of phenolic OH excluding ortho intramolecular Hbond substituents is 1. The number of nitrogens with zero attached hydrogens (tertiary/aromatic N) is 3. The van der Waals surface area contributed by atoms with Crippen molar-refractivity contribution in [2.75, 3.05) is 40.1 Å². The van der Waals surface area contributed by atoms with E-state index >= 15 is 0 Å². The van der Waals surface area contributed by atoms with E-state index in [1.54, 1.807) is 6.07 Å². The average Bonchev–Trinajstić information content (AvgIpc) is 3.18. The van der Waals surface area contributed by atoms with E-state index in [1.165, 1.54) is 18.7 Å². The standard InChI is InChI=1S/C20H23N3O6/c1-27-19-10-15(8-16(20(19)24)23(25)26)12-22-6-4-21(5-7-22)11-14-2-3-17-18(9-14)29-13-28-17/h2-3,8-10,24H,4-7,11-13H2,1H3. The molecule has 0 aromatic heterocycles. The molecule has 9 heteroatoms. The first-order valence-corrected chi connectivity index (χ1v) is 9.41. The molecule has 4 rings (SSSR count). The van der Waals surface area contributed by atoms with Gasteiger partial charge < -0.3 is 19.3 Å². The van der Waals surface area contributed by atoms with Gasteiger partial charge in [-0.3, -0.25) is 19.9 Å². The van der Waals surface area contributed by atoms with E-state index in [0.29, 0.717) is 6.54 Å². The molecule has 0 aliphatic carbocycles. The van der Waals surface area contributed by atoms with Gasteiger partial charge in [0.05, 0.1) is 12.0 Å². The van der Waals surface area contributed by atoms with Gasteiger partial charge in [-0.05, 0) is 29.3 Å². The van der Waals surface area contributed by atoms with Crippen LogP contribution in [0, 0.1) is 10.1 Å². The van der Waals surface area contributed by atoms with Crippen molar-refractivity contribution in [2.45, 2.75) is 13.1 Å². The number of piperazine rings is 1. The van der Waals surface area contributed by atoms with Gasteiger partial charge in [-0.25, -0.2) is 0 Å². The molecule has 2 aliphatic heterocycles. The summed E-state index contributed by atoms with van der Waals surface area (Å²) < 4.78 is 15.9. The Morgan fingerprint density at radius 2 is 1.69 bits per heavy atom. The first-order chi connectivity index (χ1) is 14.0. The van der Waals surface area contributed by atoms with Crippen molar-refractivity contribution in [3.63, 3.8) is 0 Å². The molecule has 29 heavy (non-hydrogen) atoms. The van der Waals surface area contributed by atoms with Gasteiger partial charge >= 0.3 is 5.69 Å². The van der Waals surface area contributed by atoms with Gasteiger partial charge in [0.15, 0.2) is 17.2 Å². The Morgan fingerprint density at radius 3 is 2.34 bits per heavy atom. The zero-order valence-corrected chi connectivity index (χ0v) is 16.2. The maximum Gasteiger partial charge on any atom is 0.314 e. The number of nitro benzene ring substituents is 1. The normalized spacial score (nSPS) is 16.7. The smallest absolute Gasteiger partial charge is 0.314 e. The second-order valence-corrected chi connectivity index (χ2v) is 7.16. The summed E-state index contributed by atoms with van der Waals surface area (Å²) in [6, 6.07) is 9.09. The van der Waals surface area contributed by atoms with Crippen molar-refractivity contribution in [3.05, 3.63) is 51.6 Å². The van der Waals surface area contributed by atoms with Crippen molar-refractivity contribution in [1.29, 1.82) is 0 Å². The predicted molar refractivity (Wildman–Crippen MR) is 104 cm³/mol. The fraction of sp³-hybridized carbons (Fsp3) is 0.400. The van der Waals surface area contributed by atoms with E-state index in [-0.39, 0.29) is 18.2 Å². The molecule has 0 spiro atoms. The van der Waals surface area contributed by atoms with Crippen LogP contribution in [0.3, 0.4) is 0 Å². The van der Waals surface area contributed by atoms with E-state index < -0.39 is 10.7 Å². The molecule has 2 heterocycles. The molecule has 0 bridgehead atoms. The third kappa shape index (κ3) is 4.20. The van der Waals surface area contributed by atoms with Crippen LogP contribution in [0.1, 0.15) is 11.1 Å². The highest BCUT2D eigenvalue weighted by molar-refractivity contribution is 5.57. The Balaban J connectivity index is 1.35. The predicted octanol–water partition coefficient (Wildman–Crippen LogP) is 2.36. The largest absolute Gasteiger partial charge is 0.500 e. The first kappa shape index (κ1) is 19.3. The van der Waals surface area contributed by atoms with Crippen LogP contribution in [-0.2, 0) is 13.1 Å². The van der Waals surface area contributed by atoms with E-state index in [4.69, 9.17) is 14.2 Å². The van der Waals surface area contributed by atoms with E-state index in [0.717, 1.165) is 49.8 Å². The molecule has 1 N–H and O–H groups in total. The van der Waals surface area contributed by atoms with Gasteiger partial charge in [-0.15, -0.1) is 0 Å². The highest BCUT2D eigenvalue weighted by atomic mass is 16.7. The zero-order valence-electron chi connectivity index (χ0n) is 16.2. The number of nitro groups is 1. The van der Waals surface area contributed by atoms with Crippen LogP contribution < -0.4 is 14.2 Å². The molecule has 0 amide bonds. The van der Waals surface area contributed by atoms with E-state index in [1.807, 2.05) is 12.1 Å². The van der Waals surface area contributed by atoms with E-state index in [2.05, 4.69) is 15.9 Å². The number of aromatic hydroxyl groups is 1. The second-order valence-electron chi connectivity index (χ2n) is 7.16. The minimum atomic E-state index is -0.593. The Bertz CT molecular complexity index is 911. The molecule has 9 nitrogen and oxygen atoms in total. The second kappa shape index (κ2) is 8.14. The highest BCUT2D eigenvalue weighted by Gasteiger charge is 2.23. The van der Waals surface area contributed by atoms with Crippen molar-refractivity contribution >= 4 is 5.69 Å². The number of benzene rings is 2. The van der Waals surface area contributed by atoms with Gasteiger partial charge in [-0.1, -0.05) is 6.07 Å². The molecule has 1 fully saturated rings. The third-order valence-corrected chi connectivity index (χ3v) is 5.25. The van der Waals surface area contributed by atoms with Crippen LogP contribution in [0.5, 0.6) is 23.0 Å². The van der Waals surface area contributed by atoms with Gasteiger partial charge in [0, 0.05) is 45.3 Å². The topological polar surface area (TPSA) is 97.5 Å². The average molecular weight is 401 g/mol. The summed E-state index contributed by atoms with van der Waals surface area (Å²) >= 11 is 0. The van der Waals surface area contributed by atoms with Crippen LogP contribution in [-0.4, -0.2) is 59.9 Å². The quantitative estimate of drug-likeness (QED) is 0.582. The molecule has 2 aromatic carbocycles. The summed E-state index contributed by atoms with van der Waals surface area (Å²) in [4.78, 5) is 15.2. The number of hydrogen-bond donors (Lipinski definition) is 1. The summed E-state index contributed by atoms with van der Waals surface area (Å²) in [6.45, 7) is 5.16. The SMILES string of the molecule is COc1cc(CN2CCN(Cc3ccc4c(c3)OCO4)CC2)cc([N+](=O)[O-])c1O. The fourth-order valence-electron chi connectivity index (χ4n) is 3.70. The summed E-state index contributed by atoms with van der Waals surface area (Å²) in [5.41, 5.74) is 1.60. The monoisotopic (exact) mass is 401 g/mol. The Labute approximate surface area is 168 Å². The number of hydrogen-bond acceptors (Lipinski definition) is 8. The van der Waals surface area contributed by atoms with Crippen LogP contribution in [0.2, 0.25) is 0 Å². The summed E-state index contributed by atoms with van der Waals surface area (Å²) in [5.74, 6) is 1.27. The lowest BCUT2D eigenvalue weighted by molar-refractivity contribution is -0.386. The van der Waals surface area contributed by atoms with Crippen LogP contribution in [0.4, 0.5) is 5.69 Å². The maximum atomic E-state index is 11.2. The molecule has 0 radical (unpaired) electrons. The number of rotatable bonds is 6. The number of ether oxygens (including phenoxy) is 3. The van der Waals surface area contributed by atoms with Gasteiger partial charge in [0.2, 0.25) is 12.5 Å². The minimum absolute atomic E-state index is 0.121. The Kier molecular flexibility index (Phi) is 5.41.